The number of halogens is 3. The lowest BCUT2D eigenvalue weighted by Gasteiger charge is -2.22. The molecule has 0 spiro atoms. The Hall–Kier alpha value is -2.49. The number of aromatic nitrogens is 1. The van der Waals surface area contributed by atoms with Crippen LogP contribution < -0.4 is 14.2 Å². The van der Waals surface area contributed by atoms with E-state index in [1.165, 1.54) is 24.4 Å². The average molecular weight is 402 g/mol. The summed E-state index contributed by atoms with van der Waals surface area (Å²) in [5.74, 6) is -0.293. The fraction of sp³-hybridized carbons (Fsp3) is 0.353. The minimum atomic E-state index is -4.77. The van der Waals surface area contributed by atoms with Crippen LogP contribution in [0.3, 0.4) is 0 Å². The summed E-state index contributed by atoms with van der Waals surface area (Å²) in [6, 6.07) is 5.46. The Bertz CT molecular complexity index is 946. The number of anilines is 2. The minimum absolute atomic E-state index is 0.0481. The van der Waals surface area contributed by atoms with E-state index in [4.69, 9.17) is 4.18 Å². The second-order valence-electron chi connectivity index (χ2n) is 6.13. The van der Waals surface area contributed by atoms with Gasteiger partial charge in [0, 0.05) is 17.3 Å². The zero-order valence-corrected chi connectivity index (χ0v) is 15.2. The second kappa shape index (κ2) is 7.26. The minimum Gasteiger partial charge on any atom is -0.406 e. The third kappa shape index (κ3) is 5.25. The van der Waals surface area contributed by atoms with E-state index >= 15 is 0 Å². The summed E-state index contributed by atoms with van der Waals surface area (Å²) >= 11 is 0. The zero-order chi connectivity index (χ0) is 19.7. The van der Waals surface area contributed by atoms with Crippen LogP contribution >= 0.6 is 0 Å². The lowest BCUT2D eigenvalue weighted by Crippen LogP contribution is -2.17. The van der Waals surface area contributed by atoms with E-state index in [0.29, 0.717) is 29.8 Å². The highest BCUT2D eigenvalue weighted by molar-refractivity contribution is 7.86. The number of benzene rings is 1. The van der Waals surface area contributed by atoms with Crippen LogP contribution in [0.2, 0.25) is 0 Å². The van der Waals surface area contributed by atoms with Crippen molar-refractivity contribution in [3.8, 4) is 11.6 Å². The average Bonchev–Trinajstić information content (AvgIpc) is 2.55. The highest BCUT2D eigenvalue weighted by atomic mass is 32.2. The highest BCUT2D eigenvalue weighted by Gasteiger charge is 2.31. The number of fused-ring (bicyclic) bond motifs is 1. The number of nitrogens with one attached hydrogen (secondary N) is 1. The largest absolute Gasteiger partial charge is 0.573 e. The van der Waals surface area contributed by atoms with Crippen LogP contribution in [-0.4, -0.2) is 26.0 Å². The van der Waals surface area contributed by atoms with Gasteiger partial charge in [0.15, 0.2) is 0 Å². The molecule has 0 saturated heterocycles. The second-order valence-corrected chi connectivity index (χ2v) is 7.70. The Morgan fingerprint density at radius 3 is 2.52 bits per heavy atom. The normalized spacial score (nSPS) is 14.4. The van der Waals surface area contributed by atoms with Gasteiger partial charge in [-0.3, -0.25) is 0 Å². The van der Waals surface area contributed by atoms with Crippen molar-refractivity contribution >= 4 is 21.5 Å². The van der Waals surface area contributed by atoms with Gasteiger partial charge >= 0.3 is 16.5 Å². The lowest BCUT2D eigenvalue weighted by molar-refractivity contribution is -0.274. The first kappa shape index (κ1) is 19.3. The fourth-order valence-electron chi connectivity index (χ4n) is 2.97. The van der Waals surface area contributed by atoms with E-state index in [1.807, 2.05) is 0 Å². The molecule has 0 aliphatic heterocycles. The molecule has 6 nitrogen and oxygen atoms in total. The van der Waals surface area contributed by atoms with Gasteiger partial charge in [-0.15, -0.1) is 13.2 Å². The molecule has 1 N–H and O–H groups in total. The van der Waals surface area contributed by atoms with Crippen molar-refractivity contribution in [2.45, 2.75) is 32.0 Å². The van der Waals surface area contributed by atoms with Crippen molar-refractivity contribution in [3.63, 3.8) is 0 Å². The van der Waals surface area contributed by atoms with Gasteiger partial charge in [0.25, 0.3) is 0 Å². The molecule has 0 unspecified atom stereocenters. The van der Waals surface area contributed by atoms with Crippen molar-refractivity contribution in [1.29, 1.82) is 0 Å². The summed E-state index contributed by atoms with van der Waals surface area (Å²) in [5, 5.41) is 3.03. The first-order valence-electron chi connectivity index (χ1n) is 8.14. The van der Waals surface area contributed by atoms with Crippen molar-refractivity contribution in [1.82, 2.24) is 4.98 Å². The molecule has 0 amide bonds. The van der Waals surface area contributed by atoms with E-state index in [1.54, 1.807) is 6.07 Å². The van der Waals surface area contributed by atoms with Crippen LogP contribution in [0.4, 0.5) is 24.5 Å². The maximum atomic E-state index is 12.4. The molecular formula is C17H17F3N2O4S. The maximum Gasteiger partial charge on any atom is 0.573 e. The molecule has 1 aromatic heterocycles. The van der Waals surface area contributed by atoms with E-state index in [0.717, 1.165) is 24.7 Å². The van der Waals surface area contributed by atoms with Crippen molar-refractivity contribution in [2.75, 3.05) is 11.6 Å². The van der Waals surface area contributed by atoms with Crippen LogP contribution in [0.25, 0.3) is 0 Å². The Labute approximate surface area is 154 Å². The van der Waals surface area contributed by atoms with E-state index in [-0.39, 0.29) is 11.6 Å². The molecule has 1 heterocycles. The summed E-state index contributed by atoms with van der Waals surface area (Å²) in [5.41, 5.74) is 2.52. The lowest BCUT2D eigenvalue weighted by atomic mass is 9.91. The van der Waals surface area contributed by atoms with Crippen molar-refractivity contribution < 1.29 is 30.5 Å². The molecule has 27 heavy (non-hydrogen) atoms. The van der Waals surface area contributed by atoms with Gasteiger partial charge in [0.2, 0.25) is 5.88 Å². The summed E-state index contributed by atoms with van der Waals surface area (Å²) in [6.07, 6.45) is 0.654. The van der Waals surface area contributed by atoms with Crippen molar-refractivity contribution in [3.05, 3.63) is 41.6 Å². The van der Waals surface area contributed by atoms with Crippen LogP contribution in [0.15, 0.2) is 30.5 Å². The van der Waals surface area contributed by atoms with Gasteiger partial charge in [-0.1, -0.05) is 6.07 Å². The summed E-state index contributed by atoms with van der Waals surface area (Å²) in [6.45, 7) is 0. The van der Waals surface area contributed by atoms with Gasteiger partial charge in [-0.05, 0) is 43.4 Å². The smallest absolute Gasteiger partial charge is 0.406 e. The number of rotatable bonds is 5. The summed E-state index contributed by atoms with van der Waals surface area (Å²) in [7, 11) is -3.71. The molecule has 1 aliphatic rings. The molecule has 146 valence electrons. The SMILES string of the molecule is CS(=O)(=O)Oc1ncc(Nc2cccc(OC(F)(F)F)c2)c2c1CCCC2. The Morgan fingerprint density at radius 2 is 1.85 bits per heavy atom. The topological polar surface area (TPSA) is 77.5 Å². The third-order valence-electron chi connectivity index (χ3n) is 3.94. The van der Waals surface area contributed by atoms with Gasteiger partial charge < -0.3 is 14.2 Å². The first-order chi connectivity index (χ1) is 12.6. The first-order valence-corrected chi connectivity index (χ1v) is 9.95. The Balaban J connectivity index is 1.91. The Kier molecular flexibility index (Phi) is 5.18. The van der Waals surface area contributed by atoms with E-state index in [9.17, 15) is 21.6 Å². The molecule has 3 rings (SSSR count). The number of ether oxygens (including phenoxy) is 1. The maximum absolute atomic E-state index is 12.4. The van der Waals surface area contributed by atoms with Crippen LogP contribution in [-0.2, 0) is 23.0 Å². The van der Waals surface area contributed by atoms with Crippen LogP contribution in [0.1, 0.15) is 24.0 Å². The molecule has 10 heteroatoms. The fourth-order valence-corrected chi connectivity index (χ4v) is 3.40. The predicted octanol–water partition coefficient (Wildman–Crippen LogP) is 3.94. The number of hydrogen-bond acceptors (Lipinski definition) is 6. The Morgan fingerprint density at radius 1 is 1.15 bits per heavy atom. The number of hydrogen-bond donors (Lipinski definition) is 1. The molecule has 2 aromatic rings. The van der Waals surface area contributed by atoms with Gasteiger partial charge in [0.05, 0.1) is 18.1 Å². The summed E-state index contributed by atoms with van der Waals surface area (Å²) in [4.78, 5) is 4.08. The molecule has 1 aliphatic carbocycles. The molecule has 0 radical (unpaired) electrons. The van der Waals surface area contributed by atoms with E-state index in [2.05, 4.69) is 15.0 Å². The number of nitrogens with zero attached hydrogens (tertiary/aromatic N) is 1. The van der Waals surface area contributed by atoms with Crippen LogP contribution in [0, 0.1) is 0 Å². The molecule has 0 fully saturated rings. The number of pyridine rings is 1. The predicted molar refractivity (Wildman–Crippen MR) is 92.8 cm³/mol. The number of alkyl halides is 3. The van der Waals surface area contributed by atoms with Gasteiger partial charge in [0.1, 0.15) is 5.75 Å². The van der Waals surface area contributed by atoms with Gasteiger partial charge in [-0.2, -0.15) is 8.42 Å². The van der Waals surface area contributed by atoms with Crippen LogP contribution in [0.5, 0.6) is 11.6 Å². The monoisotopic (exact) mass is 402 g/mol. The van der Waals surface area contributed by atoms with Gasteiger partial charge in [-0.25, -0.2) is 4.98 Å². The van der Waals surface area contributed by atoms with Crippen molar-refractivity contribution in [2.24, 2.45) is 0 Å². The quantitative estimate of drug-likeness (QED) is 0.764. The van der Waals surface area contributed by atoms with E-state index < -0.39 is 16.5 Å². The molecular weight excluding hydrogens is 385 g/mol. The standard InChI is InChI=1S/C17H17F3N2O4S/c1-27(23,24)26-16-14-8-3-2-7-13(14)15(10-21-16)22-11-5-4-6-12(9-11)25-17(18,19)20/h4-6,9-10,22H,2-3,7-8H2,1H3. The molecule has 0 atom stereocenters. The zero-order valence-electron chi connectivity index (χ0n) is 14.3. The molecule has 1 aromatic carbocycles. The highest BCUT2D eigenvalue weighted by Crippen LogP contribution is 2.35. The third-order valence-corrected chi connectivity index (χ3v) is 4.40. The summed E-state index contributed by atoms with van der Waals surface area (Å²) < 4.78 is 68.9. The molecule has 0 saturated carbocycles. The molecule has 0 bridgehead atoms.